The van der Waals surface area contributed by atoms with Gasteiger partial charge in [-0.1, -0.05) is 5.10 Å². The highest BCUT2D eigenvalue weighted by Gasteiger charge is 2.06. The number of aromatic amines is 1. The maximum atomic E-state index is 11.3. The summed E-state index contributed by atoms with van der Waals surface area (Å²) in [5, 5.41) is 10.3. The van der Waals surface area contributed by atoms with E-state index in [-0.39, 0.29) is 5.78 Å². The first-order chi connectivity index (χ1) is 6.18. The molecule has 0 atom stereocenters. The highest BCUT2D eigenvalue weighted by molar-refractivity contribution is 5.33. The third kappa shape index (κ3) is 1.11. The van der Waals surface area contributed by atoms with Crippen molar-refractivity contribution in [1.29, 1.82) is 0 Å². The second-order valence-corrected chi connectivity index (χ2v) is 2.65. The lowest BCUT2D eigenvalue weighted by Gasteiger charge is -2.08. The van der Waals surface area contributed by atoms with Crippen molar-refractivity contribution in [2.75, 3.05) is 19.0 Å². The summed E-state index contributed by atoms with van der Waals surface area (Å²) in [4.78, 5) is 19.4. The molecule has 1 N–H and O–H groups in total. The Balaban J connectivity index is 2.77. The van der Waals surface area contributed by atoms with Gasteiger partial charge in [0.05, 0.1) is 0 Å². The molecule has 0 saturated heterocycles. The molecule has 68 valence electrons. The second-order valence-electron chi connectivity index (χ2n) is 2.65. The largest absolute Gasteiger partial charge is 0.353 e. The molecule has 0 radical (unpaired) electrons. The summed E-state index contributed by atoms with van der Waals surface area (Å²) in [6, 6.07) is 0. The van der Waals surface area contributed by atoms with E-state index in [9.17, 15) is 4.79 Å². The Kier molecular flexibility index (Phi) is 1.47. The minimum atomic E-state index is -0.404. The number of nitrogens with one attached hydrogen (secondary N) is 1. The monoisotopic (exact) mass is 181 g/mol. The molecule has 0 unspecified atom stereocenters. The molecule has 2 heterocycles. The van der Waals surface area contributed by atoms with Crippen LogP contribution < -0.4 is 10.6 Å². The summed E-state index contributed by atoms with van der Waals surface area (Å²) in [6.07, 6.45) is 0. The van der Waals surface area contributed by atoms with Crippen molar-refractivity contribution in [3.05, 3.63) is 10.5 Å². The lowest BCUT2D eigenvalue weighted by Crippen LogP contribution is -2.24. The zero-order chi connectivity index (χ0) is 9.42. The van der Waals surface area contributed by atoms with Crippen LogP contribution in [0.5, 0.6) is 0 Å². The first-order valence-electron chi connectivity index (χ1n) is 3.54. The van der Waals surface area contributed by atoms with Crippen LogP contribution in [0.3, 0.4) is 0 Å². The van der Waals surface area contributed by atoms with Gasteiger partial charge >= 0.3 is 5.69 Å². The van der Waals surface area contributed by atoms with Crippen molar-refractivity contribution >= 4 is 11.7 Å². The summed E-state index contributed by atoms with van der Waals surface area (Å²) in [5.41, 5.74) is -0.404. The summed E-state index contributed by atoms with van der Waals surface area (Å²) >= 11 is 0. The predicted octanol–water partition coefficient (Wildman–Crippen LogP) is -1.73. The summed E-state index contributed by atoms with van der Waals surface area (Å²) in [6.45, 7) is 0. The van der Waals surface area contributed by atoms with Crippen molar-refractivity contribution < 1.29 is 0 Å². The van der Waals surface area contributed by atoms with Crippen molar-refractivity contribution in [2.24, 2.45) is 0 Å². The fraction of sp³-hybridized carbons (Fsp3) is 0.400. The van der Waals surface area contributed by atoms with E-state index in [1.165, 1.54) is 0 Å². The van der Waals surface area contributed by atoms with Gasteiger partial charge in [0.25, 0.3) is 5.78 Å². The van der Waals surface area contributed by atoms with Gasteiger partial charge in [-0.3, -0.25) is 4.98 Å². The molecule has 0 fully saturated rings. The van der Waals surface area contributed by atoms with E-state index in [0.717, 1.165) is 4.52 Å². The topological polar surface area (TPSA) is 92.1 Å². The first kappa shape index (κ1) is 7.65. The smallest absolute Gasteiger partial charge is 0.348 e. The number of rotatable bonds is 1. The predicted molar refractivity (Wildman–Crippen MR) is 43.5 cm³/mol. The molecule has 8 nitrogen and oxygen atoms in total. The molecule has 2 aromatic heterocycles. The van der Waals surface area contributed by atoms with Crippen LogP contribution in [0, 0.1) is 0 Å². The minimum Gasteiger partial charge on any atom is -0.348 e. The lowest BCUT2D eigenvalue weighted by molar-refractivity contribution is 0.769. The van der Waals surface area contributed by atoms with Crippen molar-refractivity contribution in [1.82, 2.24) is 30.0 Å². The lowest BCUT2D eigenvalue weighted by atomic mass is 10.8. The molecule has 0 bridgehead atoms. The van der Waals surface area contributed by atoms with Crippen LogP contribution in [-0.2, 0) is 0 Å². The Morgan fingerprint density at radius 2 is 2.23 bits per heavy atom. The van der Waals surface area contributed by atoms with E-state index in [1.807, 2.05) is 0 Å². The van der Waals surface area contributed by atoms with E-state index in [2.05, 4.69) is 25.5 Å². The van der Waals surface area contributed by atoms with Gasteiger partial charge < -0.3 is 4.90 Å². The van der Waals surface area contributed by atoms with E-state index >= 15 is 0 Å². The van der Waals surface area contributed by atoms with Gasteiger partial charge in [-0.25, -0.2) is 4.79 Å². The van der Waals surface area contributed by atoms with Crippen molar-refractivity contribution in [3.63, 3.8) is 0 Å². The van der Waals surface area contributed by atoms with Gasteiger partial charge in [0.15, 0.2) is 0 Å². The molecule has 13 heavy (non-hydrogen) atoms. The average molecular weight is 181 g/mol. The molecule has 0 spiro atoms. The van der Waals surface area contributed by atoms with Crippen LogP contribution in [0.2, 0.25) is 0 Å². The fourth-order valence-electron chi connectivity index (χ4n) is 0.867. The van der Waals surface area contributed by atoms with Gasteiger partial charge in [-0.2, -0.15) is 4.98 Å². The number of tetrazole rings is 1. The SMILES string of the molecule is CN(C)c1nc2nnnn2c(=O)[nH]1. The number of anilines is 1. The third-order valence-corrected chi connectivity index (χ3v) is 1.49. The molecular formula is C5H7N7O. The number of nitrogens with zero attached hydrogens (tertiary/aromatic N) is 6. The maximum Gasteiger partial charge on any atom is 0.353 e. The Labute approximate surface area is 72.2 Å². The van der Waals surface area contributed by atoms with Crippen LogP contribution in [0.15, 0.2) is 4.79 Å². The second kappa shape index (κ2) is 2.51. The van der Waals surface area contributed by atoms with Crippen LogP contribution in [-0.4, -0.2) is 44.1 Å². The standard InChI is InChI=1S/C5H7N7O/c1-11(2)3-6-4-8-9-10-12(4)5(13)7-3/h1-2H3,(H,6,7,8,10,13). The normalized spacial score (nSPS) is 10.6. The minimum absolute atomic E-state index is 0.187. The molecule has 0 saturated carbocycles. The fourth-order valence-corrected chi connectivity index (χ4v) is 0.867. The van der Waals surface area contributed by atoms with Crippen LogP contribution in [0.4, 0.5) is 5.95 Å². The van der Waals surface area contributed by atoms with Crippen molar-refractivity contribution in [3.8, 4) is 0 Å². The number of hydrogen-bond donors (Lipinski definition) is 1. The van der Waals surface area contributed by atoms with E-state index < -0.39 is 5.69 Å². The van der Waals surface area contributed by atoms with Crippen LogP contribution in [0.1, 0.15) is 0 Å². The van der Waals surface area contributed by atoms with Crippen LogP contribution in [0.25, 0.3) is 5.78 Å². The quantitative estimate of drug-likeness (QED) is 0.562. The summed E-state index contributed by atoms with van der Waals surface area (Å²) in [7, 11) is 3.52. The number of hydrogen-bond acceptors (Lipinski definition) is 6. The molecule has 2 aromatic rings. The molecular weight excluding hydrogens is 174 g/mol. The van der Waals surface area contributed by atoms with E-state index in [4.69, 9.17) is 0 Å². The Morgan fingerprint density at radius 3 is 2.92 bits per heavy atom. The molecule has 0 aromatic carbocycles. The van der Waals surface area contributed by atoms with Gasteiger partial charge in [0.1, 0.15) is 0 Å². The first-order valence-corrected chi connectivity index (χ1v) is 3.54. The molecule has 0 aliphatic rings. The zero-order valence-corrected chi connectivity index (χ0v) is 7.09. The van der Waals surface area contributed by atoms with Gasteiger partial charge in [-0.05, 0) is 10.4 Å². The Hall–Kier alpha value is -1.99. The molecule has 8 heteroatoms. The van der Waals surface area contributed by atoms with E-state index in [0.29, 0.717) is 5.95 Å². The van der Waals surface area contributed by atoms with Gasteiger partial charge in [0.2, 0.25) is 5.95 Å². The Morgan fingerprint density at radius 1 is 1.46 bits per heavy atom. The highest BCUT2D eigenvalue weighted by atomic mass is 16.1. The number of H-pyrrole nitrogens is 1. The van der Waals surface area contributed by atoms with Gasteiger partial charge in [-0.15, -0.1) is 4.52 Å². The summed E-state index contributed by atoms with van der Waals surface area (Å²) < 4.78 is 0.993. The maximum absolute atomic E-state index is 11.3. The molecule has 2 rings (SSSR count). The van der Waals surface area contributed by atoms with Crippen LogP contribution >= 0.6 is 0 Å². The molecule has 0 aliphatic carbocycles. The zero-order valence-electron chi connectivity index (χ0n) is 7.09. The summed E-state index contributed by atoms with van der Waals surface area (Å²) in [5.74, 6) is 0.611. The van der Waals surface area contributed by atoms with Crippen molar-refractivity contribution in [2.45, 2.75) is 0 Å². The van der Waals surface area contributed by atoms with E-state index in [1.54, 1.807) is 19.0 Å². The third-order valence-electron chi connectivity index (χ3n) is 1.49. The number of aromatic nitrogens is 6. The molecule has 0 amide bonds. The Bertz CT molecular complexity index is 483. The molecule has 0 aliphatic heterocycles. The van der Waals surface area contributed by atoms with Gasteiger partial charge in [0, 0.05) is 14.1 Å². The highest BCUT2D eigenvalue weighted by Crippen LogP contribution is 1.97. The average Bonchev–Trinajstić information content (AvgIpc) is 2.51. The number of fused-ring (bicyclic) bond motifs is 1.